The Hall–Kier alpha value is 0.694. The molecule has 0 aromatic carbocycles. The molecule has 0 aliphatic carbocycles. The average Bonchev–Trinajstić information content (AvgIpc) is 2.02. The van der Waals surface area contributed by atoms with Crippen LogP contribution in [0.15, 0.2) is 0 Å². The minimum atomic E-state index is -2.27. The van der Waals surface area contributed by atoms with Crippen LogP contribution in [-0.2, 0) is 13.3 Å². The van der Waals surface area contributed by atoms with E-state index in [1.807, 2.05) is 30.9 Å². The van der Waals surface area contributed by atoms with Crippen molar-refractivity contribution in [3.8, 4) is 0 Å². The fourth-order valence-corrected chi connectivity index (χ4v) is 2.81. The average molecular weight is 184 g/mol. The van der Waals surface area contributed by atoms with Crippen molar-refractivity contribution in [3.63, 3.8) is 0 Å². The summed E-state index contributed by atoms with van der Waals surface area (Å²) in [7, 11) is -2.27. The van der Waals surface area contributed by atoms with E-state index in [2.05, 4.69) is 6.92 Å². The Labute approximate surface area is 84.7 Å². The van der Waals surface area contributed by atoms with Crippen LogP contribution in [0.2, 0.25) is 0 Å². The van der Waals surface area contributed by atoms with Crippen LogP contribution in [0.1, 0.15) is 27.2 Å². The van der Waals surface area contributed by atoms with E-state index in [1.54, 1.807) is 0 Å². The van der Waals surface area contributed by atoms with Crippen molar-refractivity contribution in [1.29, 1.82) is 0 Å². The first-order chi connectivity index (χ1) is 5.68. The van der Waals surface area contributed by atoms with Gasteiger partial charge in [0, 0.05) is 0 Å². The molecular weight excluding hydrogens is 167 g/mol. The molecule has 0 aliphatic rings. The monoisotopic (exact) mass is 184 g/mol. The molecule has 0 spiro atoms. The van der Waals surface area contributed by atoms with Gasteiger partial charge in [-0.2, -0.15) is 0 Å². The Bertz CT molecular complexity index is 107. The Morgan fingerprint density at radius 2 is 1.50 bits per heavy atom. The van der Waals surface area contributed by atoms with E-state index in [0.717, 1.165) is 13.0 Å². The summed E-state index contributed by atoms with van der Waals surface area (Å²) >= 11 is 1.94. The van der Waals surface area contributed by atoms with Gasteiger partial charge in [0.15, 0.2) is 0 Å². The summed E-state index contributed by atoms with van der Waals surface area (Å²) in [4.78, 5) is 0. The Balaban J connectivity index is 3.80. The van der Waals surface area contributed by atoms with Gasteiger partial charge in [0.25, 0.3) is 0 Å². The van der Waals surface area contributed by atoms with E-state index in [0.29, 0.717) is 13.2 Å². The van der Waals surface area contributed by atoms with Crippen molar-refractivity contribution >= 4 is 24.2 Å². The molecule has 5 heteroatoms. The predicted octanol–water partition coefficient (Wildman–Crippen LogP) is 1.09. The topological polar surface area (TPSA) is 27.7 Å². The van der Waals surface area contributed by atoms with Crippen molar-refractivity contribution in [2.75, 3.05) is 19.8 Å². The molecule has 0 bridgehead atoms. The van der Waals surface area contributed by atoms with Gasteiger partial charge in [-0.15, -0.1) is 0 Å². The van der Waals surface area contributed by atoms with Crippen LogP contribution in [0.25, 0.3) is 0 Å². The first-order valence-corrected chi connectivity index (χ1v) is 6.82. The second-order valence-electron chi connectivity index (χ2n) is 2.58. The maximum atomic E-state index is 5.55. The van der Waals surface area contributed by atoms with Crippen LogP contribution >= 0.6 is 0 Å². The number of rotatable bonds is 7. The molecule has 0 fully saturated rings. The van der Waals surface area contributed by atoms with Gasteiger partial charge in [0.1, 0.15) is 0 Å². The van der Waals surface area contributed by atoms with Crippen molar-refractivity contribution in [2.24, 2.45) is 0 Å². The molecule has 0 heterocycles. The summed E-state index contributed by atoms with van der Waals surface area (Å²) in [6.45, 7) is 8.04. The Morgan fingerprint density at radius 3 is 1.83 bits per heavy atom. The van der Waals surface area contributed by atoms with Crippen LogP contribution in [-0.4, -0.2) is 44.0 Å². The van der Waals surface area contributed by atoms with E-state index in [-0.39, 0.29) is 0 Å². The molecule has 0 saturated carbocycles. The van der Waals surface area contributed by atoms with Gasteiger partial charge in [0.05, 0.1) is 0 Å². The molecule has 0 amide bonds. The molecule has 0 N–H and O–H groups in total. The number of hydrogen-bond acceptors (Lipinski definition) is 3. The van der Waals surface area contributed by atoms with Crippen LogP contribution in [0.4, 0.5) is 0 Å². The summed E-state index contributed by atoms with van der Waals surface area (Å²) < 4.78 is 16.5. The molecule has 0 aliphatic heterocycles. The second-order valence-corrected chi connectivity index (χ2v) is 5.17. The maximum absolute atomic E-state index is 5.55. The van der Waals surface area contributed by atoms with Gasteiger partial charge in [-0.25, -0.2) is 0 Å². The zero-order valence-electron chi connectivity index (χ0n) is 8.55. The van der Waals surface area contributed by atoms with Crippen molar-refractivity contribution in [1.82, 2.24) is 0 Å². The molecule has 68 valence electrons. The fraction of sp³-hybridized carbons (Fsp3) is 1.00. The molecule has 0 aromatic rings. The zero-order chi connectivity index (χ0) is 9.45. The molecule has 0 unspecified atom stereocenters. The Morgan fingerprint density at radius 1 is 1.00 bits per heavy atom. The molecule has 0 aromatic heterocycles. The third-order valence-electron chi connectivity index (χ3n) is 1.38. The van der Waals surface area contributed by atoms with Gasteiger partial charge >= 0.3 is 84.5 Å². The van der Waals surface area contributed by atoms with Gasteiger partial charge in [0.2, 0.25) is 0 Å². The van der Waals surface area contributed by atoms with Crippen molar-refractivity contribution < 1.29 is 13.3 Å². The number of hydrogen-bond donors (Lipinski definition) is 0. The second kappa shape index (κ2) is 7.13. The molecule has 0 atom stereocenters. The molecule has 0 radical (unpaired) electrons. The molecule has 0 rings (SSSR count). The van der Waals surface area contributed by atoms with E-state index in [1.165, 1.54) is 0 Å². The van der Waals surface area contributed by atoms with Crippen molar-refractivity contribution in [3.05, 3.63) is 0 Å². The fourth-order valence-electron chi connectivity index (χ4n) is 0.937. The molecule has 0 saturated heterocycles. The zero-order valence-corrected chi connectivity index (χ0v) is 9.55. The quantitative estimate of drug-likeness (QED) is 0.554. The SMILES string of the molecule is [Li][Si](OCC)(OCC)OCCC. The van der Waals surface area contributed by atoms with E-state index >= 15 is 0 Å². The van der Waals surface area contributed by atoms with Gasteiger partial charge in [-0.3, -0.25) is 0 Å². The summed E-state index contributed by atoms with van der Waals surface area (Å²) in [6.07, 6.45) is 1.00. The Kier molecular flexibility index (Phi) is 7.54. The third-order valence-corrected chi connectivity index (χ3v) is 3.74. The van der Waals surface area contributed by atoms with Crippen molar-refractivity contribution in [2.45, 2.75) is 27.2 Å². The summed E-state index contributed by atoms with van der Waals surface area (Å²) in [6, 6.07) is 0. The van der Waals surface area contributed by atoms with Gasteiger partial charge < -0.3 is 0 Å². The first kappa shape index (κ1) is 12.7. The summed E-state index contributed by atoms with van der Waals surface area (Å²) in [5.41, 5.74) is 0. The van der Waals surface area contributed by atoms with Gasteiger partial charge in [-0.1, -0.05) is 0 Å². The summed E-state index contributed by atoms with van der Waals surface area (Å²) in [5, 5.41) is 0. The molecule has 12 heavy (non-hydrogen) atoms. The standard InChI is InChI=1S/C7H17O3Si.Li/c1-4-7-10-11(8-5-2)9-6-3;/h4-7H2,1-3H3;. The first-order valence-electron chi connectivity index (χ1n) is 4.60. The van der Waals surface area contributed by atoms with Crippen LogP contribution in [0, 0.1) is 0 Å². The van der Waals surface area contributed by atoms with Crippen LogP contribution in [0.5, 0.6) is 0 Å². The molecule has 3 nitrogen and oxygen atoms in total. The van der Waals surface area contributed by atoms with Crippen LogP contribution in [0.3, 0.4) is 0 Å². The molecular formula is C7H17LiO3Si. The predicted molar refractivity (Wildman–Crippen MR) is 51.0 cm³/mol. The van der Waals surface area contributed by atoms with E-state index in [4.69, 9.17) is 13.3 Å². The van der Waals surface area contributed by atoms with Gasteiger partial charge in [-0.05, 0) is 0 Å². The normalized spacial score (nSPS) is 12.1. The third kappa shape index (κ3) is 5.36. The minimum absolute atomic E-state index is 0.659. The van der Waals surface area contributed by atoms with E-state index in [9.17, 15) is 0 Å². The van der Waals surface area contributed by atoms with E-state index < -0.39 is 7.13 Å². The summed E-state index contributed by atoms with van der Waals surface area (Å²) in [5.74, 6) is 0. The van der Waals surface area contributed by atoms with Crippen LogP contribution < -0.4 is 0 Å².